The molecule has 0 aliphatic heterocycles. The van der Waals surface area contributed by atoms with Gasteiger partial charge in [-0.25, -0.2) is 4.79 Å². The lowest BCUT2D eigenvalue weighted by Gasteiger charge is -2.30. The molecule has 0 saturated carbocycles. The van der Waals surface area contributed by atoms with Gasteiger partial charge in [-0.3, -0.25) is 0 Å². The molecule has 0 bridgehead atoms. The van der Waals surface area contributed by atoms with Crippen molar-refractivity contribution in [2.75, 3.05) is 7.05 Å². The summed E-state index contributed by atoms with van der Waals surface area (Å²) >= 11 is 0. The Hall–Kier alpha value is -2.36. The third-order valence-corrected chi connectivity index (χ3v) is 3.63. The van der Waals surface area contributed by atoms with Crippen molar-refractivity contribution < 1.29 is 14.3 Å². The van der Waals surface area contributed by atoms with Crippen molar-refractivity contribution in [2.45, 2.75) is 38.8 Å². The van der Waals surface area contributed by atoms with Gasteiger partial charge in [-0.15, -0.1) is 0 Å². The standard InChI is InChI=1S/C19H23NO3/c1-19(2,3)23-18(22)20(4)17(11-12-21)16-10-9-14-7-5-6-8-15(14)13-16/h5-10,12-13,17H,11H2,1-4H3. The zero-order valence-corrected chi connectivity index (χ0v) is 14.1. The summed E-state index contributed by atoms with van der Waals surface area (Å²) in [6, 6.07) is 13.6. The topological polar surface area (TPSA) is 46.6 Å². The first-order chi connectivity index (χ1) is 10.8. The SMILES string of the molecule is CN(C(=O)OC(C)(C)C)C(CC=O)c1ccc2ccccc2c1. The van der Waals surface area contributed by atoms with Crippen LogP contribution in [-0.2, 0) is 9.53 Å². The second kappa shape index (κ2) is 6.82. The van der Waals surface area contributed by atoms with Gasteiger partial charge in [-0.1, -0.05) is 36.4 Å². The summed E-state index contributed by atoms with van der Waals surface area (Å²) in [7, 11) is 1.66. The van der Waals surface area contributed by atoms with Crippen LogP contribution in [0.25, 0.3) is 10.8 Å². The van der Waals surface area contributed by atoms with Crippen LogP contribution in [0.15, 0.2) is 42.5 Å². The van der Waals surface area contributed by atoms with E-state index in [4.69, 9.17) is 4.74 Å². The van der Waals surface area contributed by atoms with Gasteiger partial charge in [0.25, 0.3) is 0 Å². The predicted molar refractivity (Wildman–Crippen MR) is 91.4 cm³/mol. The van der Waals surface area contributed by atoms with Crippen LogP contribution in [0.3, 0.4) is 0 Å². The molecule has 1 amide bonds. The predicted octanol–water partition coefficient (Wildman–Crippen LogP) is 4.34. The fraction of sp³-hybridized carbons (Fsp3) is 0.368. The molecule has 0 aromatic heterocycles. The molecule has 0 N–H and O–H groups in total. The van der Waals surface area contributed by atoms with Crippen LogP contribution in [0.1, 0.15) is 38.8 Å². The Labute approximate surface area is 137 Å². The maximum absolute atomic E-state index is 12.3. The number of amides is 1. The Balaban J connectivity index is 2.31. The van der Waals surface area contributed by atoms with Crippen molar-refractivity contribution in [1.29, 1.82) is 0 Å². The van der Waals surface area contributed by atoms with E-state index in [2.05, 4.69) is 0 Å². The molecule has 4 heteroatoms. The number of rotatable bonds is 4. The van der Waals surface area contributed by atoms with Crippen molar-refractivity contribution in [3.8, 4) is 0 Å². The average molecular weight is 313 g/mol. The Kier molecular flexibility index (Phi) is 5.04. The molecule has 0 saturated heterocycles. The van der Waals surface area contributed by atoms with Crippen LogP contribution in [0.4, 0.5) is 4.79 Å². The van der Waals surface area contributed by atoms with Crippen molar-refractivity contribution in [2.24, 2.45) is 0 Å². The number of aldehydes is 1. The fourth-order valence-corrected chi connectivity index (χ4v) is 2.49. The maximum atomic E-state index is 12.3. The number of benzene rings is 2. The number of fused-ring (bicyclic) bond motifs is 1. The first-order valence-corrected chi connectivity index (χ1v) is 7.70. The molecule has 0 radical (unpaired) electrons. The highest BCUT2D eigenvalue weighted by atomic mass is 16.6. The molecule has 0 spiro atoms. The van der Waals surface area contributed by atoms with Crippen molar-refractivity contribution >= 4 is 23.2 Å². The minimum Gasteiger partial charge on any atom is -0.444 e. The summed E-state index contributed by atoms with van der Waals surface area (Å²) in [6.07, 6.45) is 0.631. The molecule has 1 atom stereocenters. The molecule has 0 heterocycles. The number of hydrogen-bond donors (Lipinski definition) is 0. The fourth-order valence-electron chi connectivity index (χ4n) is 2.49. The molecule has 0 fully saturated rings. The van der Waals surface area contributed by atoms with Gasteiger partial charge < -0.3 is 14.4 Å². The van der Waals surface area contributed by atoms with E-state index in [0.717, 1.165) is 22.6 Å². The van der Waals surface area contributed by atoms with E-state index in [1.54, 1.807) is 7.05 Å². The first-order valence-electron chi connectivity index (χ1n) is 7.70. The van der Waals surface area contributed by atoms with Crippen LogP contribution in [0.2, 0.25) is 0 Å². The van der Waals surface area contributed by atoms with Gasteiger partial charge in [-0.05, 0) is 43.2 Å². The second-order valence-corrected chi connectivity index (χ2v) is 6.62. The van der Waals surface area contributed by atoms with Crippen LogP contribution >= 0.6 is 0 Å². The number of carbonyl (C=O) groups is 2. The van der Waals surface area contributed by atoms with E-state index >= 15 is 0 Å². The van der Waals surface area contributed by atoms with Crippen LogP contribution in [0, 0.1) is 0 Å². The lowest BCUT2D eigenvalue weighted by atomic mass is 9.99. The van der Waals surface area contributed by atoms with E-state index < -0.39 is 11.7 Å². The summed E-state index contributed by atoms with van der Waals surface area (Å²) in [5.74, 6) is 0. The van der Waals surface area contributed by atoms with E-state index in [1.165, 1.54) is 4.90 Å². The highest BCUT2D eigenvalue weighted by molar-refractivity contribution is 5.83. The molecule has 122 valence electrons. The zero-order chi connectivity index (χ0) is 17.0. The summed E-state index contributed by atoms with van der Waals surface area (Å²) in [6.45, 7) is 5.47. The molecule has 2 aromatic carbocycles. The number of carbonyl (C=O) groups excluding carboxylic acids is 2. The van der Waals surface area contributed by atoms with E-state index in [1.807, 2.05) is 63.2 Å². The first kappa shape index (κ1) is 17.0. The highest BCUT2D eigenvalue weighted by Crippen LogP contribution is 2.27. The lowest BCUT2D eigenvalue weighted by molar-refractivity contribution is -0.108. The number of ether oxygens (including phenoxy) is 1. The van der Waals surface area contributed by atoms with Gasteiger partial charge in [0.05, 0.1) is 6.04 Å². The minimum absolute atomic E-state index is 0.230. The molecule has 23 heavy (non-hydrogen) atoms. The largest absolute Gasteiger partial charge is 0.444 e. The van der Waals surface area contributed by atoms with Gasteiger partial charge in [-0.2, -0.15) is 0 Å². The maximum Gasteiger partial charge on any atom is 0.410 e. The van der Waals surface area contributed by atoms with Crippen LogP contribution in [0.5, 0.6) is 0 Å². The molecule has 2 rings (SSSR count). The van der Waals surface area contributed by atoms with Crippen molar-refractivity contribution in [3.63, 3.8) is 0 Å². The van der Waals surface area contributed by atoms with Gasteiger partial charge in [0.1, 0.15) is 11.9 Å². The minimum atomic E-state index is -0.569. The van der Waals surface area contributed by atoms with E-state index in [9.17, 15) is 9.59 Å². The molecular weight excluding hydrogens is 290 g/mol. The third kappa shape index (κ3) is 4.31. The Morgan fingerprint density at radius 2 is 1.83 bits per heavy atom. The van der Waals surface area contributed by atoms with Crippen molar-refractivity contribution in [1.82, 2.24) is 4.90 Å². The summed E-state index contributed by atoms with van der Waals surface area (Å²) in [5, 5.41) is 2.21. The van der Waals surface area contributed by atoms with Gasteiger partial charge in [0, 0.05) is 13.5 Å². The molecular formula is C19H23NO3. The lowest BCUT2D eigenvalue weighted by Crippen LogP contribution is -2.36. The number of hydrogen-bond acceptors (Lipinski definition) is 3. The van der Waals surface area contributed by atoms with Crippen LogP contribution < -0.4 is 0 Å². The zero-order valence-electron chi connectivity index (χ0n) is 14.1. The highest BCUT2D eigenvalue weighted by Gasteiger charge is 2.26. The van der Waals surface area contributed by atoms with Gasteiger partial charge >= 0.3 is 6.09 Å². The van der Waals surface area contributed by atoms with Gasteiger partial charge in [0.15, 0.2) is 0 Å². The Morgan fingerprint density at radius 1 is 1.17 bits per heavy atom. The Morgan fingerprint density at radius 3 is 2.43 bits per heavy atom. The molecule has 2 aromatic rings. The van der Waals surface area contributed by atoms with E-state index in [0.29, 0.717) is 0 Å². The summed E-state index contributed by atoms with van der Waals surface area (Å²) in [5.41, 5.74) is 0.352. The molecule has 1 unspecified atom stereocenters. The summed E-state index contributed by atoms with van der Waals surface area (Å²) < 4.78 is 5.41. The third-order valence-electron chi connectivity index (χ3n) is 3.63. The van der Waals surface area contributed by atoms with E-state index in [-0.39, 0.29) is 12.5 Å². The van der Waals surface area contributed by atoms with Gasteiger partial charge in [0.2, 0.25) is 0 Å². The number of nitrogens with zero attached hydrogens (tertiary/aromatic N) is 1. The average Bonchev–Trinajstić information content (AvgIpc) is 2.50. The quantitative estimate of drug-likeness (QED) is 0.789. The summed E-state index contributed by atoms with van der Waals surface area (Å²) in [4.78, 5) is 24.9. The normalized spacial score (nSPS) is 12.7. The molecule has 4 nitrogen and oxygen atoms in total. The Bertz CT molecular complexity index is 703. The van der Waals surface area contributed by atoms with Crippen LogP contribution in [-0.4, -0.2) is 29.9 Å². The second-order valence-electron chi connectivity index (χ2n) is 6.62. The molecule has 0 aliphatic rings. The smallest absolute Gasteiger partial charge is 0.410 e. The molecule has 0 aliphatic carbocycles. The monoisotopic (exact) mass is 313 g/mol. The van der Waals surface area contributed by atoms with Crippen molar-refractivity contribution in [3.05, 3.63) is 48.0 Å².